The first-order valence-electron chi connectivity index (χ1n) is 4.89. The molecular formula is C11H16ClNO2. The fourth-order valence-corrected chi connectivity index (χ4v) is 1.39. The molecule has 15 heavy (non-hydrogen) atoms. The number of anilines is 1. The second kappa shape index (κ2) is 5.83. The first-order valence-corrected chi connectivity index (χ1v) is 5.26. The van der Waals surface area contributed by atoms with Gasteiger partial charge in [-0.2, -0.15) is 0 Å². The highest BCUT2D eigenvalue weighted by molar-refractivity contribution is 6.32. The van der Waals surface area contributed by atoms with Crippen molar-refractivity contribution in [3.05, 3.63) is 23.2 Å². The van der Waals surface area contributed by atoms with Crippen molar-refractivity contribution in [3.8, 4) is 5.75 Å². The molecule has 0 saturated heterocycles. The summed E-state index contributed by atoms with van der Waals surface area (Å²) < 4.78 is 5.09. The lowest BCUT2D eigenvalue weighted by Gasteiger charge is -2.10. The Bertz CT molecular complexity index is 315. The highest BCUT2D eigenvalue weighted by Crippen LogP contribution is 2.27. The smallest absolute Gasteiger partial charge is 0.139 e. The number of hydrogen-bond acceptors (Lipinski definition) is 3. The van der Waals surface area contributed by atoms with Crippen LogP contribution in [-0.4, -0.2) is 24.9 Å². The van der Waals surface area contributed by atoms with Crippen molar-refractivity contribution in [2.75, 3.05) is 19.0 Å². The number of nitrogens with one attached hydrogen (secondary N) is 1. The minimum atomic E-state index is -0.285. The SMILES string of the molecule is COc1cc(NCCC(C)O)ccc1Cl. The maximum Gasteiger partial charge on any atom is 0.139 e. The lowest BCUT2D eigenvalue weighted by molar-refractivity contribution is 0.189. The third kappa shape index (κ3) is 3.98. The van der Waals surface area contributed by atoms with Gasteiger partial charge in [0.1, 0.15) is 5.75 Å². The summed E-state index contributed by atoms with van der Waals surface area (Å²) in [5.41, 5.74) is 0.942. The molecule has 0 radical (unpaired) electrons. The first kappa shape index (κ1) is 12.1. The van der Waals surface area contributed by atoms with Gasteiger partial charge in [0.05, 0.1) is 18.2 Å². The Morgan fingerprint density at radius 2 is 2.27 bits per heavy atom. The van der Waals surface area contributed by atoms with Crippen LogP contribution in [0.15, 0.2) is 18.2 Å². The zero-order valence-electron chi connectivity index (χ0n) is 8.96. The molecule has 1 atom stereocenters. The summed E-state index contributed by atoms with van der Waals surface area (Å²) in [5.74, 6) is 0.652. The van der Waals surface area contributed by atoms with E-state index >= 15 is 0 Å². The van der Waals surface area contributed by atoms with E-state index in [4.69, 9.17) is 21.4 Å². The van der Waals surface area contributed by atoms with Gasteiger partial charge in [-0.1, -0.05) is 11.6 Å². The Kier molecular flexibility index (Phi) is 4.72. The lowest BCUT2D eigenvalue weighted by Crippen LogP contribution is -2.09. The van der Waals surface area contributed by atoms with Crippen molar-refractivity contribution in [1.29, 1.82) is 0 Å². The Balaban J connectivity index is 2.54. The van der Waals surface area contributed by atoms with Crippen LogP contribution in [0.4, 0.5) is 5.69 Å². The zero-order chi connectivity index (χ0) is 11.3. The largest absolute Gasteiger partial charge is 0.495 e. The Hall–Kier alpha value is -0.930. The third-order valence-corrected chi connectivity index (χ3v) is 2.35. The van der Waals surface area contributed by atoms with E-state index < -0.39 is 0 Å². The van der Waals surface area contributed by atoms with Gasteiger partial charge in [0.2, 0.25) is 0 Å². The minimum Gasteiger partial charge on any atom is -0.495 e. The number of aliphatic hydroxyl groups excluding tert-OH is 1. The summed E-state index contributed by atoms with van der Waals surface area (Å²) in [6.45, 7) is 2.49. The minimum absolute atomic E-state index is 0.285. The fraction of sp³-hybridized carbons (Fsp3) is 0.455. The van der Waals surface area contributed by atoms with Crippen LogP contribution in [0.5, 0.6) is 5.75 Å². The normalized spacial score (nSPS) is 12.3. The summed E-state index contributed by atoms with van der Waals surface area (Å²) in [6, 6.07) is 5.50. The highest BCUT2D eigenvalue weighted by atomic mass is 35.5. The summed E-state index contributed by atoms with van der Waals surface area (Å²) in [4.78, 5) is 0. The van der Waals surface area contributed by atoms with Crippen molar-refractivity contribution < 1.29 is 9.84 Å². The van der Waals surface area contributed by atoms with Crippen molar-refractivity contribution in [3.63, 3.8) is 0 Å². The Labute approximate surface area is 95.0 Å². The number of hydrogen-bond donors (Lipinski definition) is 2. The fourth-order valence-electron chi connectivity index (χ4n) is 1.20. The average molecular weight is 230 g/mol. The summed E-state index contributed by atoms with van der Waals surface area (Å²) in [5, 5.41) is 12.9. The van der Waals surface area contributed by atoms with Crippen LogP contribution in [0.2, 0.25) is 5.02 Å². The molecule has 0 heterocycles. The number of rotatable bonds is 5. The van der Waals surface area contributed by atoms with E-state index in [1.807, 2.05) is 12.1 Å². The maximum atomic E-state index is 9.09. The number of methoxy groups -OCH3 is 1. The van der Waals surface area contributed by atoms with Crippen molar-refractivity contribution in [2.45, 2.75) is 19.4 Å². The van der Waals surface area contributed by atoms with Gasteiger partial charge < -0.3 is 15.2 Å². The van der Waals surface area contributed by atoms with Crippen molar-refractivity contribution in [2.24, 2.45) is 0 Å². The van der Waals surface area contributed by atoms with Crippen LogP contribution in [0.1, 0.15) is 13.3 Å². The van der Waals surface area contributed by atoms with Gasteiger partial charge in [-0.05, 0) is 25.5 Å². The Morgan fingerprint density at radius 1 is 1.53 bits per heavy atom. The van der Waals surface area contributed by atoms with E-state index in [2.05, 4.69) is 5.32 Å². The van der Waals surface area contributed by atoms with E-state index in [1.54, 1.807) is 20.1 Å². The molecule has 84 valence electrons. The quantitative estimate of drug-likeness (QED) is 0.815. The molecule has 0 fully saturated rings. The predicted molar refractivity (Wildman–Crippen MR) is 62.8 cm³/mol. The van der Waals surface area contributed by atoms with Crippen LogP contribution in [0, 0.1) is 0 Å². The molecule has 0 aliphatic rings. The topological polar surface area (TPSA) is 41.5 Å². The molecule has 0 spiro atoms. The van der Waals surface area contributed by atoms with Gasteiger partial charge >= 0.3 is 0 Å². The summed E-state index contributed by atoms with van der Waals surface area (Å²) >= 11 is 5.89. The number of ether oxygens (including phenoxy) is 1. The van der Waals surface area contributed by atoms with Gasteiger partial charge in [-0.25, -0.2) is 0 Å². The molecule has 0 aliphatic heterocycles. The van der Waals surface area contributed by atoms with E-state index in [0.717, 1.165) is 12.2 Å². The van der Waals surface area contributed by atoms with Gasteiger partial charge in [0.15, 0.2) is 0 Å². The Morgan fingerprint density at radius 3 is 2.87 bits per heavy atom. The van der Waals surface area contributed by atoms with Crippen molar-refractivity contribution in [1.82, 2.24) is 0 Å². The molecule has 0 bridgehead atoms. The maximum absolute atomic E-state index is 9.09. The molecule has 1 rings (SSSR count). The monoisotopic (exact) mass is 229 g/mol. The van der Waals surface area contributed by atoms with Gasteiger partial charge in [0, 0.05) is 18.3 Å². The molecule has 1 unspecified atom stereocenters. The second-order valence-electron chi connectivity index (χ2n) is 3.41. The molecule has 0 amide bonds. The predicted octanol–water partition coefficient (Wildman–Crippen LogP) is 2.53. The average Bonchev–Trinajstić information content (AvgIpc) is 2.20. The van der Waals surface area contributed by atoms with Gasteiger partial charge in [-0.3, -0.25) is 0 Å². The first-order chi connectivity index (χ1) is 7.13. The number of halogens is 1. The van der Waals surface area contributed by atoms with Crippen LogP contribution < -0.4 is 10.1 Å². The van der Waals surface area contributed by atoms with Crippen LogP contribution >= 0.6 is 11.6 Å². The van der Waals surface area contributed by atoms with Crippen LogP contribution in [-0.2, 0) is 0 Å². The van der Waals surface area contributed by atoms with Crippen molar-refractivity contribution >= 4 is 17.3 Å². The van der Waals surface area contributed by atoms with Crippen LogP contribution in [0.25, 0.3) is 0 Å². The molecule has 4 heteroatoms. The standard InChI is InChI=1S/C11H16ClNO2/c1-8(14)5-6-13-9-3-4-10(12)11(7-9)15-2/h3-4,7-8,13-14H,5-6H2,1-2H3. The molecule has 3 nitrogen and oxygen atoms in total. The van der Waals surface area contributed by atoms with E-state index in [0.29, 0.717) is 17.2 Å². The molecule has 1 aromatic carbocycles. The molecule has 0 saturated carbocycles. The molecule has 0 aromatic heterocycles. The lowest BCUT2D eigenvalue weighted by atomic mass is 10.2. The van der Waals surface area contributed by atoms with Gasteiger partial charge in [-0.15, -0.1) is 0 Å². The number of aliphatic hydroxyl groups is 1. The number of benzene rings is 1. The molecular weight excluding hydrogens is 214 g/mol. The molecule has 1 aromatic rings. The molecule has 2 N–H and O–H groups in total. The third-order valence-electron chi connectivity index (χ3n) is 2.04. The van der Waals surface area contributed by atoms with Gasteiger partial charge in [0.25, 0.3) is 0 Å². The summed E-state index contributed by atoms with van der Waals surface area (Å²) in [6.07, 6.45) is 0.428. The van der Waals surface area contributed by atoms with E-state index in [9.17, 15) is 0 Å². The zero-order valence-corrected chi connectivity index (χ0v) is 9.71. The van der Waals surface area contributed by atoms with Crippen LogP contribution in [0.3, 0.4) is 0 Å². The molecule has 0 aliphatic carbocycles. The second-order valence-corrected chi connectivity index (χ2v) is 3.82. The van der Waals surface area contributed by atoms with E-state index in [-0.39, 0.29) is 6.10 Å². The summed E-state index contributed by atoms with van der Waals surface area (Å²) in [7, 11) is 1.58. The van der Waals surface area contributed by atoms with E-state index in [1.165, 1.54) is 0 Å². The highest BCUT2D eigenvalue weighted by Gasteiger charge is 2.01.